The van der Waals surface area contributed by atoms with Crippen LogP contribution >= 0.6 is 7.60 Å². The van der Waals surface area contributed by atoms with E-state index in [1.54, 1.807) is 0 Å². The quantitative estimate of drug-likeness (QED) is 0.183. The fraction of sp³-hybridized carbons (Fsp3) is 0.600. The summed E-state index contributed by atoms with van der Waals surface area (Å²) >= 11 is 0. The van der Waals surface area contributed by atoms with Crippen molar-refractivity contribution in [2.75, 3.05) is 25.9 Å². The van der Waals surface area contributed by atoms with Crippen molar-refractivity contribution in [3.63, 3.8) is 0 Å². The Morgan fingerprint density at radius 3 is 1.59 bits per heavy atom. The maximum Gasteiger partial charge on any atom is 1.00 e. The van der Waals surface area contributed by atoms with Crippen molar-refractivity contribution in [2.24, 2.45) is 0 Å². The first-order valence-corrected chi connectivity index (χ1v) is 7.87. The predicted molar refractivity (Wildman–Crippen MR) is 68.6 cm³/mol. The van der Waals surface area contributed by atoms with Crippen molar-refractivity contribution in [1.82, 2.24) is 10.2 Å². The van der Waals surface area contributed by atoms with Crippen LogP contribution in [-0.2, 0) is 23.7 Å². The van der Waals surface area contributed by atoms with Gasteiger partial charge < -0.3 is 44.6 Å². The Balaban J connectivity index is -0.000000112. The Labute approximate surface area is 220 Å². The van der Waals surface area contributed by atoms with Gasteiger partial charge >= 0.3 is 102 Å². The maximum absolute atomic E-state index is 10.3. The van der Waals surface area contributed by atoms with Gasteiger partial charge in [0.15, 0.2) is 0 Å². The molecule has 0 aliphatic carbocycles. The fourth-order valence-corrected chi connectivity index (χ4v) is 1.52. The summed E-state index contributed by atoms with van der Waals surface area (Å²) in [5, 5.41) is 40.7. The molecule has 1 atom stereocenters. The average molecular weight is 440 g/mol. The number of rotatable bonds is 10. The molecule has 1 unspecified atom stereocenters. The number of hydrogen-bond donors (Lipinski definition) is 4. The summed E-state index contributed by atoms with van der Waals surface area (Å²) in [6.07, 6.45) is -0.598. The van der Waals surface area contributed by atoms with Crippen LogP contribution in [0.3, 0.4) is 0 Å². The van der Waals surface area contributed by atoms with Crippen LogP contribution in [-0.4, -0.2) is 75.6 Å². The predicted octanol–water partition coefficient (Wildman–Crippen LogP) is -15.3. The number of aliphatic carboxylic acids is 4. The van der Waals surface area contributed by atoms with Crippen LogP contribution < -0.4 is 109 Å². The van der Waals surface area contributed by atoms with Gasteiger partial charge in [-0.3, -0.25) is 19.6 Å². The summed E-state index contributed by atoms with van der Waals surface area (Å²) in [7, 11) is -4.10. The van der Waals surface area contributed by atoms with E-state index in [0.717, 1.165) is 6.92 Å². The van der Waals surface area contributed by atoms with Crippen LogP contribution in [0.1, 0.15) is 6.92 Å². The van der Waals surface area contributed by atoms with Gasteiger partial charge in [-0.25, -0.2) is 0 Å². The van der Waals surface area contributed by atoms with E-state index in [2.05, 4.69) is 5.32 Å². The zero-order valence-corrected chi connectivity index (χ0v) is 22.3. The summed E-state index contributed by atoms with van der Waals surface area (Å²) in [4.78, 5) is 57.4. The molecule has 0 aromatic rings. The molecule has 13 nitrogen and oxygen atoms in total. The second-order valence-corrected chi connectivity index (χ2v) is 5.93. The number of carbonyl (C=O) groups is 4. The molecule has 0 saturated heterocycles. The second-order valence-electron chi connectivity index (χ2n) is 4.29. The third-order valence-electron chi connectivity index (χ3n) is 2.15. The Morgan fingerprint density at radius 2 is 1.37 bits per heavy atom. The van der Waals surface area contributed by atoms with Gasteiger partial charge in [0.2, 0.25) is 0 Å². The molecule has 0 spiro atoms. The van der Waals surface area contributed by atoms with Crippen molar-refractivity contribution < 1.29 is 143 Å². The van der Waals surface area contributed by atoms with Crippen molar-refractivity contribution in [1.29, 1.82) is 0 Å². The summed E-state index contributed by atoms with van der Waals surface area (Å²) in [5.74, 6) is -5.85. The van der Waals surface area contributed by atoms with Gasteiger partial charge in [0, 0.05) is 19.1 Å². The molecule has 0 heterocycles. The zero-order chi connectivity index (χ0) is 19.5. The van der Waals surface area contributed by atoms with Crippen molar-refractivity contribution in [2.45, 2.75) is 13.0 Å². The van der Waals surface area contributed by atoms with Crippen LogP contribution in [0.5, 0.6) is 0 Å². The number of carboxylic acids is 4. The minimum atomic E-state index is -4.10. The van der Waals surface area contributed by atoms with Gasteiger partial charge in [-0.1, -0.05) is 0 Å². The third-order valence-corrected chi connectivity index (χ3v) is 2.78. The first-order chi connectivity index (χ1) is 10.8. The molecule has 27 heavy (non-hydrogen) atoms. The molecule has 0 aliphatic heterocycles. The van der Waals surface area contributed by atoms with E-state index in [1.807, 2.05) is 0 Å². The molecular formula is C10H16N2Na3O11P. The number of hydrogen-bond acceptors (Lipinski definition) is 10. The molecular weight excluding hydrogens is 424 g/mol. The molecule has 0 aliphatic rings. The number of nitrogens with zero attached hydrogens (tertiary/aromatic N) is 1. The first-order valence-electron chi connectivity index (χ1n) is 6.08. The van der Waals surface area contributed by atoms with Crippen LogP contribution in [0.4, 0.5) is 0 Å². The number of carbonyl (C=O) groups excluding carboxylic acids is 3. The molecule has 0 fully saturated rings. The van der Waals surface area contributed by atoms with E-state index in [1.165, 1.54) is 0 Å². The van der Waals surface area contributed by atoms with E-state index < -0.39 is 63.4 Å². The Kier molecular flexibility index (Phi) is 28.9. The van der Waals surface area contributed by atoms with Gasteiger partial charge in [0.05, 0.1) is 30.7 Å². The zero-order valence-electron chi connectivity index (χ0n) is 15.4. The molecule has 140 valence electrons. The molecule has 4 N–H and O–H groups in total. The average Bonchev–Trinajstić information content (AvgIpc) is 2.34. The van der Waals surface area contributed by atoms with E-state index in [9.17, 15) is 39.1 Å². The van der Waals surface area contributed by atoms with Crippen LogP contribution in [0, 0.1) is 0 Å². The Morgan fingerprint density at radius 1 is 1.00 bits per heavy atom. The molecule has 0 saturated carbocycles. The van der Waals surface area contributed by atoms with E-state index in [4.69, 9.17) is 14.9 Å². The molecule has 17 heteroatoms. The van der Waals surface area contributed by atoms with E-state index in [-0.39, 0.29) is 88.7 Å². The van der Waals surface area contributed by atoms with Gasteiger partial charge in [0.25, 0.3) is 0 Å². The molecule has 0 bridgehead atoms. The van der Waals surface area contributed by atoms with Gasteiger partial charge in [-0.2, -0.15) is 0 Å². The van der Waals surface area contributed by atoms with E-state index in [0.29, 0.717) is 4.90 Å². The number of nitrogens with one attached hydrogen (secondary N) is 1. The normalized spacial score (nSPS) is 10.7. The monoisotopic (exact) mass is 440 g/mol. The topological polar surface area (TPSA) is 230 Å². The van der Waals surface area contributed by atoms with Crippen LogP contribution in [0.25, 0.3) is 0 Å². The smallest absolute Gasteiger partial charge is 0.549 e. The summed E-state index contributed by atoms with van der Waals surface area (Å²) in [6.45, 7) is -0.932. The van der Waals surface area contributed by atoms with Gasteiger partial charge in [-0.05, 0) is 6.92 Å². The third kappa shape index (κ3) is 29.2. The van der Waals surface area contributed by atoms with Gasteiger partial charge in [0.1, 0.15) is 0 Å². The SMILES string of the molecule is CC(C(=O)[O-])N(CC(=O)[O-])CC(=O)[O-].O=C(O)CNCP(=O)(O)O.[Na+].[Na+].[Na+]. The Hall–Kier alpha value is 0.950. The van der Waals surface area contributed by atoms with Crippen molar-refractivity contribution >= 4 is 31.5 Å². The molecule has 0 amide bonds. The Bertz CT molecular complexity index is 501. The van der Waals surface area contributed by atoms with E-state index >= 15 is 0 Å². The second kappa shape index (κ2) is 20.2. The van der Waals surface area contributed by atoms with Crippen molar-refractivity contribution in [3.8, 4) is 0 Å². The summed E-state index contributed by atoms with van der Waals surface area (Å²) < 4.78 is 10.1. The summed E-state index contributed by atoms with van der Waals surface area (Å²) in [6, 6.07) is -1.33. The van der Waals surface area contributed by atoms with Crippen LogP contribution in [0.2, 0.25) is 0 Å². The molecule has 0 radical (unpaired) electrons. The first kappa shape index (κ1) is 38.5. The largest absolute Gasteiger partial charge is 1.00 e. The maximum atomic E-state index is 10.3. The molecule has 0 rings (SSSR count). The van der Waals surface area contributed by atoms with Gasteiger partial charge in [-0.15, -0.1) is 0 Å². The molecule has 0 aromatic carbocycles. The molecule has 0 aromatic heterocycles. The minimum absolute atomic E-state index is 0. The van der Waals surface area contributed by atoms with Crippen molar-refractivity contribution in [3.05, 3.63) is 0 Å². The number of carboxylic acid groups (broad SMARTS) is 4. The standard InChI is InChI=1S/C7H11NO6.C3H8NO5P.3Na/c1-4(7(13)14)8(2-5(9)10)3-6(11)12;5-3(6)1-4-2-10(7,8)9;;;/h4H,2-3H2,1H3,(H,9,10)(H,11,12)(H,13,14);4H,1-2H2,(H,5,6)(H2,7,8,9);;;/q;;3*+1/p-3. The van der Waals surface area contributed by atoms with Crippen LogP contribution in [0.15, 0.2) is 0 Å². The fourth-order valence-electron chi connectivity index (χ4n) is 1.12. The minimum Gasteiger partial charge on any atom is -0.549 e. The summed E-state index contributed by atoms with van der Waals surface area (Å²) in [5.41, 5.74) is 0.